The molecule has 1 aromatic rings. The van der Waals surface area contributed by atoms with E-state index in [4.69, 9.17) is 4.74 Å². The van der Waals surface area contributed by atoms with Crippen molar-refractivity contribution in [2.75, 3.05) is 13.2 Å². The number of rotatable bonds is 4. The predicted octanol–water partition coefficient (Wildman–Crippen LogP) is -0.335. The number of aliphatic carboxylic acids is 1. The summed E-state index contributed by atoms with van der Waals surface area (Å²) in [5, 5.41) is 22.3. The van der Waals surface area contributed by atoms with E-state index < -0.39 is 23.5 Å². The number of aryl methyl sites for hydroxylation is 1. The second kappa shape index (κ2) is 5.68. The highest BCUT2D eigenvalue weighted by atomic mass is 16.5. The van der Waals surface area contributed by atoms with Crippen LogP contribution >= 0.6 is 0 Å². The first-order chi connectivity index (χ1) is 9.84. The third-order valence-electron chi connectivity index (χ3n) is 3.73. The zero-order chi connectivity index (χ0) is 15.6. The van der Waals surface area contributed by atoms with Crippen LogP contribution in [0.3, 0.4) is 0 Å². The second-order valence-electron chi connectivity index (χ2n) is 5.43. The van der Waals surface area contributed by atoms with Crippen LogP contribution < -0.4 is 10.6 Å². The lowest BCUT2D eigenvalue weighted by atomic mass is 9.85. The topological polar surface area (TPSA) is 118 Å². The molecule has 3 N–H and O–H groups in total. The number of carbonyl (C=O) groups excluding carboxylic acids is 1. The summed E-state index contributed by atoms with van der Waals surface area (Å²) in [6.07, 6.45) is 1.54. The Morgan fingerprint density at radius 3 is 2.90 bits per heavy atom. The molecule has 0 radical (unpaired) electrons. The van der Waals surface area contributed by atoms with Gasteiger partial charge in [0.1, 0.15) is 11.7 Å². The van der Waals surface area contributed by atoms with Crippen molar-refractivity contribution in [1.82, 2.24) is 25.4 Å². The number of nitrogens with one attached hydrogen (secondary N) is 2. The Hall–Kier alpha value is -2.16. The molecule has 0 bridgehead atoms. The van der Waals surface area contributed by atoms with Crippen LogP contribution in [0.4, 0.5) is 4.79 Å². The Labute approximate surface area is 121 Å². The Balaban J connectivity index is 1.96. The average molecular weight is 297 g/mol. The van der Waals surface area contributed by atoms with Crippen molar-refractivity contribution < 1.29 is 19.4 Å². The van der Waals surface area contributed by atoms with E-state index in [1.54, 1.807) is 25.5 Å². The number of hydrogen-bond acceptors (Lipinski definition) is 5. The lowest BCUT2D eigenvalue weighted by molar-refractivity contribution is -0.148. The quantitative estimate of drug-likeness (QED) is 0.700. The SMILES string of the molecule is CC(NC(=O)NC1COCC1(C)C(=O)O)c1nncn1C. The van der Waals surface area contributed by atoms with Crippen LogP contribution in [0.1, 0.15) is 25.7 Å². The van der Waals surface area contributed by atoms with Crippen molar-refractivity contribution in [2.45, 2.75) is 25.9 Å². The van der Waals surface area contributed by atoms with Gasteiger partial charge >= 0.3 is 12.0 Å². The molecule has 2 heterocycles. The largest absolute Gasteiger partial charge is 0.481 e. The lowest BCUT2D eigenvalue weighted by Gasteiger charge is -2.26. The highest BCUT2D eigenvalue weighted by Crippen LogP contribution is 2.28. The first-order valence-corrected chi connectivity index (χ1v) is 6.56. The molecule has 2 amide bonds. The van der Waals surface area contributed by atoms with Gasteiger partial charge in [0, 0.05) is 7.05 Å². The number of nitrogens with zero attached hydrogens (tertiary/aromatic N) is 3. The molecule has 0 saturated carbocycles. The lowest BCUT2D eigenvalue weighted by Crippen LogP contribution is -2.52. The zero-order valence-electron chi connectivity index (χ0n) is 12.2. The number of amides is 2. The van der Waals surface area contributed by atoms with Crippen molar-refractivity contribution in [3.05, 3.63) is 12.2 Å². The molecule has 1 aliphatic heterocycles. The molecule has 116 valence electrons. The van der Waals surface area contributed by atoms with Crippen molar-refractivity contribution >= 4 is 12.0 Å². The van der Waals surface area contributed by atoms with Crippen molar-refractivity contribution in [1.29, 1.82) is 0 Å². The number of carboxylic acid groups (broad SMARTS) is 1. The highest BCUT2D eigenvalue weighted by molar-refractivity contribution is 5.79. The van der Waals surface area contributed by atoms with Crippen molar-refractivity contribution in [3.63, 3.8) is 0 Å². The summed E-state index contributed by atoms with van der Waals surface area (Å²) in [6, 6.07) is -1.40. The van der Waals surface area contributed by atoms with Gasteiger partial charge in [-0.2, -0.15) is 0 Å². The van der Waals surface area contributed by atoms with Gasteiger partial charge in [-0.15, -0.1) is 10.2 Å². The first-order valence-electron chi connectivity index (χ1n) is 6.56. The molecule has 1 saturated heterocycles. The normalized spacial score (nSPS) is 26.3. The number of ether oxygens (including phenoxy) is 1. The molecular weight excluding hydrogens is 278 g/mol. The minimum atomic E-state index is -1.12. The molecule has 0 spiro atoms. The van der Waals surface area contributed by atoms with Crippen LogP contribution in [0, 0.1) is 5.41 Å². The molecule has 9 heteroatoms. The summed E-state index contributed by atoms with van der Waals surface area (Å²) < 4.78 is 6.88. The van der Waals surface area contributed by atoms with Gasteiger partial charge in [0.25, 0.3) is 0 Å². The number of carboxylic acids is 1. The molecule has 1 aliphatic rings. The molecular formula is C12H19N5O4. The molecule has 1 aromatic heterocycles. The third-order valence-corrected chi connectivity index (χ3v) is 3.73. The van der Waals surface area contributed by atoms with Gasteiger partial charge in [-0.1, -0.05) is 0 Å². The van der Waals surface area contributed by atoms with Gasteiger partial charge in [-0.3, -0.25) is 4.79 Å². The third kappa shape index (κ3) is 2.97. The van der Waals surface area contributed by atoms with E-state index in [0.29, 0.717) is 5.82 Å². The van der Waals surface area contributed by atoms with Gasteiger partial charge in [-0.25, -0.2) is 4.79 Å². The molecule has 1 fully saturated rings. The Morgan fingerprint density at radius 2 is 2.33 bits per heavy atom. The molecule has 0 aromatic carbocycles. The minimum absolute atomic E-state index is 0.0755. The number of urea groups is 1. The number of carbonyl (C=O) groups is 2. The van der Waals surface area contributed by atoms with Crippen LogP contribution in [0.2, 0.25) is 0 Å². The Kier molecular flexibility index (Phi) is 4.12. The maximum Gasteiger partial charge on any atom is 0.315 e. The Bertz CT molecular complexity index is 546. The van der Waals surface area contributed by atoms with Gasteiger partial charge in [-0.05, 0) is 13.8 Å². The summed E-state index contributed by atoms with van der Waals surface area (Å²) in [5.41, 5.74) is -1.12. The smallest absolute Gasteiger partial charge is 0.315 e. The molecule has 2 rings (SSSR count). The fourth-order valence-electron chi connectivity index (χ4n) is 2.23. The van der Waals surface area contributed by atoms with Gasteiger partial charge in [0.05, 0.1) is 25.3 Å². The van der Waals surface area contributed by atoms with Crippen LogP contribution in [-0.4, -0.2) is 51.1 Å². The summed E-state index contributed by atoms with van der Waals surface area (Å²) in [6.45, 7) is 3.57. The van der Waals surface area contributed by atoms with Crippen LogP contribution in [0.15, 0.2) is 6.33 Å². The molecule has 3 atom stereocenters. The fourth-order valence-corrected chi connectivity index (χ4v) is 2.23. The summed E-state index contributed by atoms with van der Waals surface area (Å²) >= 11 is 0. The maximum absolute atomic E-state index is 12.0. The van der Waals surface area contributed by atoms with Crippen LogP contribution in [0.5, 0.6) is 0 Å². The van der Waals surface area contributed by atoms with Crippen molar-refractivity contribution in [2.24, 2.45) is 12.5 Å². The monoisotopic (exact) mass is 297 g/mol. The standard InChI is InChI=1S/C12H19N5O4/c1-7(9-16-13-6-17(9)3)14-11(20)15-8-4-21-5-12(8,2)10(18)19/h6-8H,4-5H2,1-3H3,(H,18,19)(H2,14,15,20). The number of aromatic nitrogens is 3. The fraction of sp³-hybridized carbons (Fsp3) is 0.667. The van der Waals surface area contributed by atoms with Gasteiger partial charge < -0.3 is 25.0 Å². The van der Waals surface area contributed by atoms with E-state index >= 15 is 0 Å². The van der Waals surface area contributed by atoms with Crippen LogP contribution in [0.25, 0.3) is 0 Å². The Morgan fingerprint density at radius 1 is 1.62 bits per heavy atom. The van der Waals surface area contributed by atoms with E-state index in [2.05, 4.69) is 20.8 Å². The van der Waals surface area contributed by atoms with E-state index in [9.17, 15) is 14.7 Å². The first kappa shape index (κ1) is 15.2. The second-order valence-corrected chi connectivity index (χ2v) is 5.43. The molecule has 21 heavy (non-hydrogen) atoms. The van der Waals surface area contributed by atoms with Crippen LogP contribution in [-0.2, 0) is 16.6 Å². The molecule has 0 aliphatic carbocycles. The molecule has 9 nitrogen and oxygen atoms in total. The number of hydrogen-bond donors (Lipinski definition) is 3. The van der Waals surface area contributed by atoms with Gasteiger partial charge in [0.2, 0.25) is 0 Å². The highest BCUT2D eigenvalue weighted by Gasteiger charge is 2.47. The van der Waals surface area contributed by atoms with E-state index in [0.717, 1.165) is 0 Å². The van der Waals surface area contributed by atoms with Crippen molar-refractivity contribution in [3.8, 4) is 0 Å². The molecule has 3 unspecified atom stereocenters. The summed E-state index contributed by atoms with van der Waals surface area (Å²) in [4.78, 5) is 23.3. The predicted molar refractivity (Wildman–Crippen MR) is 71.4 cm³/mol. The minimum Gasteiger partial charge on any atom is -0.481 e. The average Bonchev–Trinajstić information content (AvgIpc) is 2.97. The van der Waals surface area contributed by atoms with E-state index in [1.807, 2.05) is 0 Å². The maximum atomic E-state index is 12.0. The summed E-state index contributed by atoms with van der Waals surface area (Å²) in [5.74, 6) is -0.388. The van der Waals surface area contributed by atoms with Gasteiger partial charge in [0.15, 0.2) is 5.82 Å². The zero-order valence-corrected chi connectivity index (χ0v) is 12.2. The van der Waals surface area contributed by atoms with E-state index in [-0.39, 0.29) is 19.3 Å². The summed E-state index contributed by atoms with van der Waals surface area (Å²) in [7, 11) is 1.78. The van der Waals surface area contributed by atoms with E-state index in [1.165, 1.54) is 6.33 Å².